The van der Waals surface area contributed by atoms with E-state index in [9.17, 15) is 9.59 Å². The van der Waals surface area contributed by atoms with Crippen LogP contribution in [0.15, 0.2) is 4.79 Å². The number of likely N-dealkylation sites (tertiary alicyclic amines) is 1. The third-order valence-electron chi connectivity index (χ3n) is 5.16. The van der Waals surface area contributed by atoms with Crippen LogP contribution in [0.1, 0.15) is 55.3 Å². The van der Waals surface area contributed by atoms with Crippen LogP contribution < -0.4 is 10.9 Å². The summed E-state index contributed by atoms with van der Waals surface area (Å²) in [6.07, 6.45) is 9.22. The van der Waals surface area contributed by atoms with E-state index >= 15 is 0 Å². The lowest BCUT2D eigenvalue weighted by atomic mass is 9.91. The minimum Gasteiger partial charge on any atom is -0.354 e. The Balaban J connectivity index is 1.51. The number of aromatic amines is 1. The SMILES string of the molecule is O=C(Cc1n[nH]c(=O)c2c1CCCC2)NCCN1CCCCCC1. The summed E-state index contributed by atoms with van der Waals surface area (Å²) >= 11 is 0. The zero-order valence-electron chi connectivity index (χ0n) is 14.4. The van der Waals surface area contributed by atoms with Gasteiger partial charge in [0.15, 0.2) is 0 Å². The Morgan fingerprint density at radius 1 is 1.04 bits per heavy atom. The fraction of sp³-hybridized carbons (Fsp3) is 0.722. The zero-order valence-corrected chi connectivity index (χ0v) is 14.4. The summed E-state index contributed by atoms with van der Waals surface area (Å²) in [6.45, 7) is 3.89. The van der Waals surface area contributed by atoms with Crippen LogP contribution in [0.3, 0.4) is 0 Å². The third-order valence-corrected chi connectivity index (χ3v) is 5.16. The van der Waals surface area contributed by atoms with E-state index < -0.39 is 0 Å². The van der Waals surface area contributed by atoms with Gasteiger partial charge in [0.2, 0.25) is 5.91 Å². The van der Waals surface area contributed by atoms with Crippen LogP contribution in [0.5, 0.6) is 0 Å². The van der Waals surface area contributed by atoms with E-state index in [1.807, 2.05) is 0 Å². The van der Waals surface area contributed by atoms with Crippen LogP contribution in [0.4, 0.5) is 0 Å². The first-order valence-corrected chi connectivity index (χ1v) is 9.32. The molecule has 6 heteroatoms. The second-order valence-corrected chi connectivity index (χ2v) is 6.95. The Morgan fingerprint density at radius 2 is 1.75 bits per heavy atom. The number of H-pyrrole nitrogens is 1. The van der Waals surface area contributed by atoms with Gasteiger partial charge >= 0.3 is 0 Å². The highest BCUT2D eigenvalue weighted by Gasteiger charge is 2.19. The molecule has 1 aliphatic carbocycles. The third kappa shape index (κ3) is 4.44. The van der Waals surface area contributed by atoms with E-state index in [0.29, 0.717) is 6.54 Å². The molecule has 1 amide bonds. The molecular weight excluding hydrogens is 304 g/mol. The minimum atomic E-state index is -0.0879. The fourth-order valence-electron chi connectivity index (χ4n) is 3.80. The van der Waals surface area contributed by atoms with Crippen molar-refractivity contribution in [1.29, 1.82) is 0 Å². The van der Waals surface area contributed by atoms with Crippen molar-refractivity contribution in [2.75, 3.05) is 26.2 Å². The Bertz CT molecular complexity index is 618. The maximum Gasteiger partial charge on any atom is 0.267 e. The number of fused-ring (bicyclic) bond motifs is 1. The molecule has 3 rings (SSSR count). The number of rotatable bonds is 5. The number of aromatic nitrogens is 2. The zero-order chi connectivity index (χ0) is 16.8. The van der Waals surface area contributed by atoms with E-state index in [4.69, 9.17) is 0 Å². The van der Waals surface area contributed by atoms with E-state index in [1.165, 1.54) is 25.7 Å². The number of nitrogens with zero attached hydrogens (tertiary/aromatic N) is 2. The van der Waals surface area contributed by atoms with Gasteiger partial charge < -0.3 is 10.2 Å². The number of hydrogen-bond donors (Lipinski definition) is 2. The highest BCUT2D eigenvalue weighted by molar-refractivity contribution is 5.78. The van der Waals surface area contributed by atoms with E-state index in [1.54, 1.807) is 0 Å². The van der Waals surface area contributed by atoms with Gasteiger partial charge in [0.25, 0.3) is 5.56 Å². The molecule has 24 heavy (non-hydrogen) atoms. The monoisotopic (exact) mass is 332 g/mol. The van der Waals surface area contributed by atoms with E-state index in [2.05, 4.69) is 20.4 Å². The highest BCUT2D eigenvalue weighted by Crippen LogP contribution is 2.20. The molecular formula is C18H28N4O2. The van der Waals surface area contributed by atoms with Gasteiger partial charge in [0.1, 0.15) is 0 Å². The summed E-state index contributed by atoms with van der Waals surface area (Å²) in [5, 5.41) is 9.70. The average molecular weight is 332 g/mol. The summed E-state index contributed by atoms with van der Waals surface area (Å²) in [5.74, 6) is -0.00264. The number of amides is 1. The molecule has 1 aromatic rings. The lowest BCUT2D eigenvalue weighted by Gasteiger charge is -2.20. The maximum atomic E-state index is 12.2. The first-order valence-electron chi connectivity index (χ1n) is 9.32. The van der Waals surface area contributed by atoms with Crippen molar-refractivity contribution in [3.8, 4) is 0 Å². The second-order valence-electron chi connectivity index (χ2n) is 6.95. The van der Waals surface area contributed by atoms with Crippen LogP contribution in [-0.2, 0) is 24.1 Å². The Morgan fingerprint density at radius 3 is 2.50 bits per heavy atom. The smallest absolute Gasteiger partial charge is 0.267 e. The quantitative estimate of drug-likeness (QED) is 0.849. The van der Waals surface area contributed by atoms with Crippen LogP contribution in [0, 0.1) is 0 Å². The number of hydrogen-bond acceptors (Lipinski definition) is 4. The molecule has 0 radical (unpaired) electrons. The largest absolute Gasteiger partial charge is 0.354 e. The molecule has 2 N–H and O–H groups in total. The van der Waals surface area contributed by atoms with Crippen LogP contribution in [-0.4, -0.2) is 47.2 Å². The Labute approximate surface area is 143 Å². The standard InChI is InChI=1S/C18H28N4O2/c23-17(19-9-12-22-10-5-1-2-6-11-22)13-16-14-7-3-4-8-15(14)18(24)21-20-16/h1-13H2,(H,19,23)(H,21,24). The maximum absolute atomic E-state index is 12.2. The second kappa shape index (κ2) is 8.42. The first kappa shape index (κ1) is 17.1. The van der Waals surface area contributed by atoms with Gasteiger partial charge in [-0.2, -0.15) is 5.10 Å². The van der Waals surface area contributed by atoms with Crippen molar-refractivity contribution in [1.82, 2.24) is 20.4 Å². The van der Waals surface area contributed by atoms with Gasteiger partial charge in [-0.25, -0.2) is 5.10 Å². The van der Waals surface area contributed by atoms with Crippen molar-refractivity contribution < 1.29 is 4.79 Å². The molecule has 1 saturated heterocycles. The molecule has 1 aromatic heterocycles. The molecule has 6 nitrogen and oxygen atoms in total. The van der Waals surface area contributed by atoms with Gasteiger partial charge in [-0.15, -0.1) is 0 Å². The molecule has 132 valence electrons. The van der Waals surface area contributed by atoms with Crippen LogP contribution in [0.25, 0.3) is 0 Å². The molecule has 2 heterocycles. The van der Waals surface area contributed by atoms with Gasteiger partial charge in [-0.3, -0.25) is 9.59 Å². The lowest BCUT2D eigenvalue weighted by Crippen LogP contribution is -2.36. The van der Waals surface area contributed by atoms with Crippen molar-refractivity contribution in [3.05, 3.63) is 27.2 Å². The van der Waals surface area contributed by atoms with Crippen molar-refractivity contribution in [2.24, 2.45) is 0 Å². The molecule has 0 bridgehead atoms. The minimum absolute atomic E-state index is 0.00264. The molecule has 2 aliphatic rings. The van der Waals surface area contributed by atoms with Crippen LogP contribution in [0.2, 0.25) is 0 Å². The van der Waals surface area contributed by atoms with Gasteiger partial charge in [-0.05, 0) is 57.2 Å². The average Bonchev–Trinajstić information content (AvgIpc) is 2.87. The normalized spacial score (nSPS) is 18.7. The first-order chi connectivity index (χ1) is 11.7. The van der Waals surface area contributed by atoms with Crippen molar-refractivity contribution >= 4 is 5.91 Å². The van der Waals surface area contributed by atoms with Gasteiger partial charge in [0.05, 0.1) is 12.1 Å². The molecule has 0 saturated carbocycles. The van der Waals surface area contributed by atoms with Gasteiger partial charge in [0, 0.05) is 18.7 Å². The predicted molar refractivity (Wildman–Crippen MR) is 93.1 cm³/mol. The lowest BCUT2D eigenvalue weighted by molar-refractivity contribution is -0.120. The van der Waals surface area contributed by atoms with Crippen molar-refractivity contribution in [2.45, 2.75) is 57.8 Å². The Kier molecular flexibility index (Phi) is 6.01. The summed E-state index contributed by atoms with van der Waals surface area (Å²) in [7, 11) is 0. The highest BCUT2D eigenvalue weighted by atomic mass is 16.1. The summed E-state index contributed by atoms with van der Waals surface area (Å²) in [6, 6.07) is 0. The molecule has 0 spiro atoms. The van der Waals surface area contributed by atoms with E-state index in [-0.39, 0.29) is 17.9 Å². The molecule has 0 unspecified atom stereocenters. The molecule has 1 aliphatic heterocycles. The topological polar surface area (TPSA) is 78.1 Å². The summed E-state index contributed by atoms with van der Waals surface area (Å²) in [4.78, 5) is 26.5. The van der Waals surface area contributed by atoms with Crippen molar-refractivity contribution in [3.63, 3.8) is 0 Å². The summed E-state index contributed by atoms with van der Waals surface area (Å²) < 4.78 is 0. The van der Waals surface area contributed by atoms with E-state index in [0.717, 1.165) is 62.1 Å². The fourth-order valence-corrected chi connectivity index (χ4v) is 3.80. The molecule has 0 aromatic carbocycles. The number of carbonyl (C=O) groups excluding carboxylic acids is 1. The van der Waals surface area contributed by atoms with Gasteiger partial charge in [-0.1, -0.05) is 12.8 Å². The van der Waals surface area contributed by atoms with Crippen LogP contribution >= 0.6 is 0 Å². The predicted octanol–water partition coefficient (Wildman–Crippen LogP) is 1.18. The Hall–Kier alpha value is -1.69. The summed E-state index contributed by atoms with van der Waals surface area (Å²) in [5.41, 5.74) is 2.50. The number of carbonyl (C=O) groups is 1. The molecule has 1 fully saturated rings. The molecule has 0 atom stereocenters. The number of nitrogens with one attached hydrogen (secondary N) is 2.